The summed E-state index contributed by atoms with van der Waals surface area (Å²) in [7, 11) is 0. The van der Waals surface area contributed by atoms with Crippen molar-refractivity contribution < 1.29 is 9.59 Å². The predicted octanol–water partition coefficient (Wildman–Crippen LogP) is 2.97. The summed E-state index contributed by atoms with van der Waals surface area (Å²) in [6.07, 6.45) is 5.76. The highest BCUT2D eigenvalue weighted by Crippen LogP contribution is 2.16. The summed E-state index contributed by atoms with van der Waals surface area (Å²) in [4.78, 5) is 24.5. The van der Waals surface area contributed by atoms with Crippen molar-refractivity contribution in [3.63, 3.8) is 0 Å². The molecule has 2 aromatic carbocycles. The van der Waals surface area contributed by atoms with Gasteiger partial charge in [-0.3, -0.25) is 15.0 Å². The molecule has 0 atom stereocenters. The van der Waals surface area contributed by atoms with E-state index >= 15 is 0 Å². The van der Waals surface area contributed by atoms with E-state index in [9.17, 15) is 9.59 Å². The molecule has 0 fully saturated rings. The molecule has 0 unspecified atom stereocenters. The summed E-state index contributed by atoms with van der Waals surface area (Å²) in [5.74, 6) is -0.758. The van der Waals surface area contributed by atoms with Crippen molar-refractivity contribution in [2.24, 2.45) is 0 Å². The fourth-order valence-corrected chi connectivity index (χ4v) is 2.27. The Morgan fingerprint density at radius 2 is 1.69 bits per heavy atom. The molecule has 1 heterocycles. The van der Waals surface area contributed by atoms with E-state index in [0.717, 1.165) is 5.56 Å². The summed E-state index contributed by atoms with van der Waals surface area (Å²) in [6.45, 7) is 0. The van der Waals surface area contributed by atoms with Crippen molar-refractivity contribution in [2.45, 2.75) is 0 Å². The van der Waals surface area contributed by atoms with Crippen molar-refractivity contribution in [1.82, 2.24) is 14.9 Å². The lowest BCUT2D eigenvalue weighted by Crippen LogP contribution is -2.23. The third-order valence-corrected chi connectivity index (χ3v) is 3.63. The number of anilines is 1. The predicted molar refractivity (Wildman–Crippen MR) is 99.3 cm³/mol. The maximum absolute atomic E-state index is 12.4. The summed E-state index contributed by atoms with van der Waals surface area (Å²) in [5, 5.41) is 10.5. The van der Waals surface area contributed by atoms with Gasteiger partial charge in [0.15, 0.2) is 0 Å². The zero-order valence-electron chi connectivity index (χ0n) is 13.5. The molecule has 3 rings (SSSR count). The number of para-hydroxylation sites is 1. The van der Waals surface area contributed by atoms with Crippen LogP contribution >= 0.6 is 11.6 Å². The molecule has 8 heteroatoms. The average Bonchev–Trinajstić information content (AvgIpc) is 3.14. The topological polar surface area (TPSA) is 88.9 Å². The van der Waals surface area contributed by atoms with Crippen molar-refractivity contribution in [3.8, 4) is 0 Å². The standard InChI is InChI=1S/C18H14ClN5O2/c19-14-8-5-13(6-9-14)7-10-17(25)22-16-4-2-1-3-15(16)18(26)23-24-11-20-21-12-24/h1-12H,(H,22,25)(H,23,26)/b10-7+. The minimum atomic E-state index is -0.401. The molecule has 2 amide bonds. The van der Waals surface area contributed by atoms with Crippen molar-refractivity contribution in [1.29, 1.82) is 0 Å². The molecule has 26 heavy (non-hydrogen) atoms. The summed E-state index contributed by atoms with van der Waals surface area (Å²) in [5.41, 5.74) is 4.13. The van der Waals surface area contributed by atoms with Gasteiger partial charge in [0, 0.05) is 11.1 Å². The molecule has 0 saturated heterocycles. The van der Waals surface area contributed by atoms with Gasteiger partial charge in [0.2, 0.25) is 5.91 Å². The first-order valence-electron chi connectivity index (χ1n) is 7.61. The van der Waals surface area contributed by atoms with Gasteiger partial charge in [-0.15, -0.1) is 10.2 Å². The fraction of sp³-hybridized carbons (Fsp3) is 0. The number of amides is 2. The van der Waals surface area contributed by atoms with E-state index in [-0.39, 0.29) is 5.91 Å². The van der Waals surface area contributed by atoms with Gasteiger partial charge >= 0.3 is 0 Å². The van der Waals surface area contributed by atoms with Crippen LogP contribution in [0, 0.1) is 0 Å². The van der Waals surface area contributed by atoms with Gasteiger partial charge in [0.1, 0.15) is 12.7 Å². The highest BCUT2D eigenvalue weighted by molar-refractivity contribution is 6.30. The van der Waals surface area contributed by atoms with Crippen molar-refractivity contribution in [2.75, 3.05) is 10.7 Å². The molecule has 130 valence electrons. The van der Waals surface area contributed by atoms with Gasteiger partial charge in [-0.25, -0.2) is 4.68 Å². The highest BCUT2D eigenvalue weighted by atomic mass is 35.5. The van der Waals surface area contributed by atoms with E-state index in [4.69, 9.17) is 11.6 Å². The zero-order chi connectivity index (χ0) is 18.4. The Balaban J connectivity index is 1.70. The molecule has 0 spiro atoms. The molecule has 7 nitrogen and oxygen atoms in total. The number of benzene rings is 2. The van der Waals surface area contributed by atoms with Gasteiger partial charge in [-0.2, -0.15) is 0 Å². The number of nitrogens with one attached hydrogen (secondary N) is 2. The molecular formula is C18H14ClN5O2. The minimum Gasteiger partial charge on any atom is -0.322 e. The number of rotatable bonds is 5. The Bertz CT molecular complexity index is 936. The first kappa shape index (κ1) is 17.4. The minimum absolute atomic E-state index is 0.314. The third kappa shape index (κ3) is 4.55. The number of hydrogen-bond donors (Lipinski definition) is 2. The second kappa shape index (κ2) is 8.09. The van der Waals surface area contributed by atoms with Crippen molar-refractivity contribution in [3.05, 3.63) is 83.4 Å². The van der Waals surface area contributed by atoms with Crippen LogP contribution in [0.15, 0.2) is 67.3 Å². The number of nitrogens with zero attached hydrogens (tertiary/aromatic N) is 3. The monoisotopic (exact) mass is 367 g/mol. The van der Waals surface area contributed by atoms with E-state index in [1.54, 1.807) is 54.6 Å². The molecule has 0 aliphatic rings. The maximum atomic E-state index is 12.4. The molecular weight excluding hydrogens is 354 g/mol. The van der Waals surface area contributed by atoms with Crippen LogP contribution in [0.3, 0.4) is 0 Å². The quantitative estimate of drug-likeness (QED) is 0.678. The fourth-order valence-electron chi connectivity index (χ4n) is 2.15. The maximum Gasteiger partial charge on any atom is 0.272 e. The van der Waals surface area contributed by atoms with Gasteiger partial charge in [-0.1, -0.05) is 35.9 Å². The Morgan fingerprint density at radius 1 is 1.00 bits per heavy atom. The number of carbonyl (C=O) groups is 2. The number of carbonyl (C=O) groups excluding carboxylic acids is 2. The van der Waals surface area contributed by atoms with Crippen LogP contribution < -0.4 is 10.7 Å². The van der Waals surface area contributed by atoms with E-state index in [2.05, 4.69) is 20.9 Å². The van der Waals surface area contributed by atoms with Crippen LogP contribution in [-0.4, -0.2) is 26.7 Å². The molecule has 2 N–H and O–H groups in total. The third-order valence-electron chi connectivity index (χ3n) is 3.38. The highest BCUT2D eigenvalue weighted by Gasteiger charge is 2.12. The lowest BCUT2D eigenvalue weighted by molar-refractivity contribution is -0.111. The second-order valence-electron chi connectivity index (χ2n) is 5.23. The lowest BCUT2D eigenvalue weighted by Gasteiger charge is -2.10. The van der Waals surface area contributed by atoms with E-state index in [0.29, 0.717) is 16.3 Å². The van der Waals surface area contributed by atoms with E-state index in [1.165, 1.54) is 23.4 Å². The number of aromatic nitrogens is 3. The second-order valence-corrected chi connectivity index (χ2v) is 5.67. The van der Waals surface area contributed by atoms with E-state index in [1.807, 2.05) is 0 Å². The van der Waals surface area contributed by atoms with Crippen LogP contribution in [0.5, 0.6) is 0 Å². The summed E-state index contributed by atoms with van der Waals surface area (Å²) < 4.78 is 1.32. The molecule has 0 radical (unpaired) electrons. The van der Waals surface area contributed by atoms with Crippen LogP contribution in [0.4, 0.5) is 5.69 Å². The number of hydrogen-bond acceptors (Lipinski definition) is 4. The zero-order valence-corrected chi connectivity index (χ0v) is 14.2. The summed E-state index contributed by atoms with van der Waals surface area (Å²) >= 11 is 5.83. The van der Waals surface area contributed by atoms with Crippen LogP contribution in [0.2, 0.25) is 5.02 Å². The van der Waals surface area contributed by atoms with Crippen LogP contribution in [0.1, 0.15) is 15.9 Å². The molecule has 1 aromatic heterocycles. The molecule has 0 bridgehead atoms. The van der Waals surface area contributed by atoms with Crippen LogP contribution in [-0.2, 0) is 4.79 Å². The first-order valence-corrected chi connectivity index (χ1v) is 7.99. The molecule has 0 aliphatic heterocycles. The van der Waals surface area contributed by atoms with Crippen LogP contribution in [0.25, 0.3) is 6.08 Å². The summed E-state index contributed by atoms with van der Waals surface area (Å²) in [6, 6.07) is 13.8. The van der Waals surface area contributed by atoms with Gasteiger partial charge in [0.25, 0.3) is 5.91 Å². The SMILES string of the molecule is O=C(/C=C/c1ccc(Cl)cc1)Nc1ccccc1C(=O)Nn1cnnc1. The van der Waals surface area contributed by atoms with E-state index < -0.39 is 5.91 Å². The molecule has 3 aromatic rings. The normalized spacial score (nSPS) is 10.7. The molecule has 0 saturated carbocycles. The lowest BCUT2D eigenvalue weighted by atomic mass is 10.1. The smallest absolute Gasteiger partial charge is 0.272 e. The van der Waals surface area contributed by atoms with Gasteiger partial charge in [0.05, 0.1) is 11.3 Å². The average molecular weight is 368 g/mol. The Morgan fingerprint density at radius 3 is 2.42 bits per heavy atom. The largest absolute Gasteiger partial charge is 0.322 e. The Labute approximate surface area is 154 Å². The Hall–Kier alpha value is -3.45. The van der Waals surface area contributed by atoms with Gasteiger partial charge < -0.3 is 5.32 Å². The first-order chi connectivity index (χ1) is 12.6. The Kier molecular flexibility index (Phi) is 5.40. The van der Waals surface area contributed by atoms with Gasteiger partial charge in [-0.05, 0) is 35.9 Å². The molecule has 0 aliphatic carbocycles. The number of halogens is 1. The van der Waals surface area contributed by atoms with Crippen molar-refractivity contribution >= 4 is 35.2 Å².